The van der Waals surface area contributed by atoms with Crippen molar-refractivity contribution in [2.24, 2.45) is 28.6 Å². The average molecular weight is 505 g/mol. The lowest BCUT2D eigenvalue weighted by Crippen LogP contribution is -2.62. The first-order valence-corrected chi connectivity index (χ1v) is 13.1. The number of hydrogen-bond donors (Lipinski definition) is 3. The van der Waals surface area contributed by atoms with Crippen LogP contribution in [0.15, 0.2) is 0 Å². The van der Waals surface area contributed by atoms with Gasteiger partial charge in [-0.25, -0.2) is 4.79 Å². The van der Waals surface area contributed by atoms with Crippen molar-refractivity contribution in [1.29, 1.82) is 0 Å². The van der Waals surface area contributed by atoms with E-state index in [9.17, 15) is 24.0 Å². The second-order valence-corrected chi connectivity index (χ2v) is 13.7. The fraction of sp³-hybridized carbons (Fsp3) is 0.815. The smallest absolute Gasteiger partial charge is 0.315 e. The maximum atomic E-state index is 13.9. The summed E-state index contributed by atoms with van der Waals surface area (Å²) in [6.45, 7) is 17.0. The van der Waals surface area contributed by atoms with Gasteiger partial charge >= 0.3 is 6.03 Å². The highest BCUT2D eigenvalue weighted by molar-refractivity contribution is 6.38. The highest BCUT2D eigenvalue weighted by Gasteiger charge is 2.70. The summed E-state index contributed by atoms with van der Waals surface area (Å²) in [6, 6.07) is -2.92. The van der Waals surface area contributed by atoms with E-state index in [1.165, 1.54) is 6.92 Å². The SMILES string of the molecule is CC(=O)C(=O)[C@H](CC1CC1)NC(=O)[C@@H]1[C@@H]2[C@H](CN1C(=O)[C@@H](NC(=O)NC(C)(C)C)C(C)(C)C)C2(C)C. The molecular formula is C27H44N4O5. The van der Waals surface area contributed by atoms with Gasteiger partial charge in [-0.15, -0.1) is 0 Å². The molecule has 0 aromatic heterocycles. The molecule has 0 bridgehead atoms. The predicted octanol–water partition coefficient (Wildman–Crippen LogP) is 2.42. The van der Waals surface area contributed by atoms with E-state index >= 15 is 0 Å². The van der Waals surface area contributed by atoms with Crippen molar-refractivity contribution in [3.05, 3.63) is 0 Å². The zero-order valence-corrected chi connectivity index (χ0v) is 23.3. The summed E-state index contributed by atoms with van der Waals surface area (Å²) < 4.78 is 0. The van der Waals surface area contributed by atoms with E-state index in [0.29, 0.717) is 18.9 Å². The molecule has 3 fully saturated rings. The summed E-state index contributed by atoms with van der Waals surface area (Å²) >= 11 is 0. The predicted molar refractivity (Wildman–Crippen MR) is 136 cm³/mol. The van der Waals surface area contributed by atoms with Crippen LogP contribution in [-0.2, 0) is 19.2 Å². The number of ketones is 2. The van der Waals surface area contributed by atoms with Crippen molar-refractivity contribution < 1.29 is 24.0 Å². The molecule has 9 heteroatoms. The monoisotopic (exact) mass is 504 g/mol. The molecule has 36 heavy (non-hydrogen) atoms. The second kappa shape index (κ2) is 9.45. The van der Waals surface area contributed by atoms with Gasteiger partial charge in [0.15, 0.2) is 5.78 Å². The van der Waals surface area contributed by atoms with Crippen molar-refractivity contribution in [2.75, 3.05) is 6.54 Å². The molecule has 5 atom stereocenters. The zero-order chi connectivity index (χ0) is 27.4. The number of nitrogens with zero attached hydrogens (tertiary/aromatic N) is 1. The first kappa shape index (κ1) is 28.1. The number of urea groups is 1. The van der Waals surface area contributed by atoms with Gasteiger partial charge < -0.3 is 20.9 Å². The van der Waals surface area contributed by atoms with E-state index in [2.05, 4.69) is 29.8 Å². The van der Waals surface area contributed by atoms with Crippen molar-refractivity contribution in [3.8, 4) is 0 Å². The molecule has 3 aliphatic rings. The Morgan fingerprint density at radius 3 is 2.03 bits per heavy atom. The average Bonchev–Trinajstić information content (AvgIpc) is 3.55. The fourth-order valence-corrected chi connectivity index (χ4v) is 5.56. The van der Waals surface area contributed by atoms with Crippen LogP contribution in [0.25, 0.3) is 0 Å². The molecular weight excluding hydrogens is 460 g/mol. The van der Waals surface area contributed by atoms with Crippen LogP contribution < -0.4 is 16.0 Å². The topological polar surface area (TPSA) is 125 Å². The Labute approximate surface area is 214 Å². The highest BCUT2D eigenvalue weighted by atomic mass is 16.2. The van der Waals surface area contributed by atoms with E-state index in [-0.39, 0.29) is 23.2 Å². The third kappa shape index (κ3) is 6.09. The maximum Gasteiger partial charge on any atom is 0.315 e. The number of piperidine rings is 1. The molecule has 1 aliphatic heterocycles. The number of amides is 4. The van der Waals surface area contributed by atoms with E-state index in [0.717, 1.165) is 12.8 Å². The van der Waals surface area contributed by atoms with Crippen LogP contribution in [0.2, 0.25) is 0 Å². The van der Waals surface area contributed by atoms with Gasteiger partial charge in [0, 0.05) is 19.0 Å². The summed E-state index contributed by atoms with van der Waals surface area (Å²) in [6.07, 6.45) is 2.42. The molecule has 202 valence electrons. The molecule has 3 N–H and O–H groups in total. The summed E-state index contributed by atoms with van der Waals surface area (Å²) in [5.41, 5.74) is -1.19. The van der Waals surface area contributed by atoms with E-state index in [1.807, 2.05) is 41.5 Å². The standard InChI is InChI=1S/C27H44N4O5/c1-14(32)20(33)17(12-15-10-11-15)28-22(34)19-18-16(27(18,8)9)13-31(19)23(35)21(25(2,3)4)29-24(36)30-26(5,6)7/h15-19,21H,10-13H2,1-9H3,(H,28,34)(H2,29,30,36)/t16-,17-,18-,19-,21+/m0/s1. The van der Waals surface area contributed by atoms with Gasteiger partial charge in [-0.1, -0.05) is 47.5 Å². The number of fused-ring (bicyclic) bond motifs is 1. The molecule has 9 nitrogen and oxygen atoms in total. The number of carbonyl (C=O) groups is 5. The lowest BCUT2D eigenvalue weighted by atomic mass is 9.85. The maximum absolute atomic E-state index is 13.9. The molecule has 0 unspecified atom stereocenters. The number of hydrogen-bond acceptors (Lipinski definition) is 5. The van der Waals surface area contributed by atoms with Crippen LogP contribution in [0, 0.1) is 28.6 Å². The quantitative estimate of drug-likeness (QED) is 0.438. The van der Waals surface area contributed by atoms with Crippen molar-refractivity contribution in [1.82, 2.24) is 20.9 Å². The molecule has 0 radical (unpaired) electrons. The Morgan fingerprint density at radius 2 is 1.56 bits per heavy atom. The fourth-order valence-electron chi connectivity index (χ4n) is 5.56. The van der Waals surface area contributed by atoms with Crippen molar-refractivity contribution in [3.63, 3.8) is 0 Å². The van der Waals surface area contributed by atoms with E-state index in [4.69, 9.17) is 0 Å². The molecule has 2 saturated carbocycles. The Hall–Kier alpha value is -2.45. The van der Waals surface area contributed by atoms with Crippen LogP contribution in [0.5, 0.6) is 0 Å². The van der Waals surface area contributed by atoms with Crippen molar-refractivity contribution in [2.45, 2.75) is 105 Å². The highest BCUT2D eigenvalue weighted by Crippen LogP contribution is 2.65. The van der Waals surface area contributed by atoms with E-state index in [1.54, 1.807) is 4.90 Å². The first-order valence-electron chi connectivity index (χ1n) is 13.1. The van der Waals surface area contributed by atoms with Gasteiger partial charge in [0.1, 0.15) is 12.1 Å². The van der Waals surface area contributed by atoms with Gasteiger partial charge in [-0.2, -0.15) is 0 Å². The molecule has 3 rings (SSSR count). The lowest BCUT2D eigenvalue weighted by Gasteiger charge is -2.38. The van der Waals surface area contributed by atoms with Crippen LogP contribution in [0.4, 0.5) is 4.79 Å². The van der Waals surface area contributed by atoms with Gasteiger partial charge in [-0.05, 0) is 55.8 Å². The third-order valence-corrected chi connectivity index (χ3v) is 7.88. The minimum atomic E-state index is -0.866. The Morgan fingerprint density at radius 1 is 0.972 bits per heavy atom. The van der Waals surface area contributed by atoms with Gasteiger partial charge in [0.2, 0.25) is 17.6 Å². The molecule has 4 amide bonds. The van der Waals surface area contributed by atoms with Crippen LogP contribution in [0.1, 0.15) is 81.6 Å². The minimum absolute atomic E-state index is 0.0422. The van der Waals surface area contributed by atoms with Crippen LogP contribution in [0.3, 0.4) is 0 Å². The Kier molecular flexibility index (Phi) is 7.38. The number of likely N-dealkylation sites (tertiary alicyclic amines) is 1. The minimum Gasteiger partial charge on any atom is -0.344 e. The molecule has 0 spiro atoms. The molecule has 0 aromatic carbocycles. The van der Waals surface area contributed by atoms with Crippen molar-refractivity contribution >= 4 is 29.4 Å². The number of rotatable bonds is 8. The third-order valence-electron chi connectivity index (χ3n) is 7.88. The Bertz CT molecular complexity index is 941. The largest absolute Gasteiger partial charge is 0.344 e. The summed E-state index contributed by atoms with van der Waals surface area (Å²) in [5, 5.41) is 8.51. The van der Waals surface area contributed by atoms with E-state index < -0.39 is 52.6 Å². The van der Waals surface area contributed by atoms with Gasteiger partial charge in [0.25, 0.3) is 0 Å². The van der Waals surface area contributed by atoms with Gasteiger partial charge in [-0.3, -0.25) is 19.2 Å². The number of nitrogens with one attached hydrogen (secondary N) is 3. The molecule has 1 heterocycles. The zero-order valence-electron chi connectivity index (χ0n) is 23.3. The van der Waals surface area contributed by atoms with Crippen LogP contribution in [-0.4, -0.2) is 64.5 Å². The first-order chi connectivity index (χ1) is 16.3. The van der Waals surface area contributed by atoms with Crippen LogP contribution >= 0.6 is 0 Å². The molecule has 0 aromatic rings. The summed E-state index contributed by atoms with van der Waals surface area (Å²) in [7, 11) is 0. The number of carbonyl (C=O) groups excluding carboxylic acids is 5. The second-order valence-electron chi connectivity index (χ2n) is 13.7. The summed E-state index contributed by atoms with van der Waals surface area (Å²) in [4.78, 5) is 66.2. The lowest BCUT2D eigenvalue weighted by molar-refractivity contribution is -0.145. The van der Waals surface area contributed by atoms with Gasteiger partial charge in [0.05, 0.1) is 6.04 Å². The number of Topliss-reactive ketones (excluding diaryl/α,β-unsaturated/α-hetero) is 2. The molecule has 1 saturated heterocycles. The normalized spacial score (nSPS) is 26.4. The Balaban J connectivity index is 1.83. The molecule has 2 aliphatic carbocycles. The summed E-state index contributed by atoms with van der Waals surface area (Å²) in [5.74, 6) is -1.43.